The quantitative estimate of drug-likeness (QED) is 0.575. The van der Waals surface area contributed by atoms with Gasteiger partial charge in [-0.3, -0.25) is 14.9 Å². The van der Waals surface area contributed by atoms with Crippen molar-refractivity contribution in [1.82, 2.24) is 9.21 Å². The molecule has 0 aliphatic carbocycles. The van der Waals surface area contributed by atoms with E-state index in [-0.39, 0.29) is 29.0 Å². The SMILES string of the molecule is O=C(C1CCCN(S(=O)(=O)c2ccc([N+](=O)[O-])cc2)C1)N1CCCCCC1. The van der Waals surface area contributed by atoms with Gasteiger partial charge < -0.3 is 4.90 Å². The molecule has 1 aromatic rings. The first-order chi connectivity index (χ1) is 12.9. The van der Waals surface area contributed by atoms with Crippen LogP contribution in [-0.4, -0.2) is 54.6 Å². The molecule has 1 aromatic carbocycles. The molecule has 0 N–H and O–H groups in total. The Labute approximate surface area is 159 Å². The molecule has 0 bridgehead atoms. The van der Waals surface area contributed by atoms with E-state index in [4.69, 9.17) is 0 Å². The third kappa shape index (κ3) is 4.47. The third-order valence-electron chi connectivity index (χ3n) is 5.34. The van der Waals surface area contributed by atoms with Crippen molar-refractivity contribution < 1.29 is 18.1 Å². The molecule has 2 saturated heterocycles. The summed E-state index contributed by atoms with van der Waals surface area (Å²) < 4.78 is 27.1. The number of hydrogen-bond acceptors (Lipinski definition) is 5. The molecule has 2 aliphatic rings. The lowest BCUT2D eigenvalue weighted by Crippen LogP contribution is -2.46. The van der Waals surface area contributed by atoms with Crippen LogP contribution in [0.3, 0.4) is 0 Å². The molecular weight excluding hydrogens is 370 g/mol. The molecule has 148 valence electrons. The molecule has 2 fully saturated rings. The van der Waals surface area contributed by atoms with Crippen molar-refractivity contribution in [1.29, 1.82) is 0 Å². The second kappa shape index (κ2) is 8.35. The molecule has 2 aliphatic heterocycles. The van der Waals surface area contributed by atoms with Crippen molar-refractivity contribution in [2.45, 2.75) is 43.4 Å². The Morgan fingerprint density at radius 1 is 1.00 bits per heavy atom. The van der Waals surface area contributed by atoms with Crippen molar-refractivity contribution in [3.63, 3.8) is 0 Å². The Hall–Kier alpha value is -2.00. The lowest BCUT2D eigenvalue weighted by atomic mass is 9.98. The average molecular weight is 395 g/mol. The van der Waals surface area contributed by atoms with Gasteiger partial charge in [-0.25, -0.2) is 8.42 Å². The molecule has 0 spiro atoms. The molecule has 1 amide bonds. The van der Waals surface area contributed by atoms with Crippen molar-refractivity contribution in [2.24, 2.45) is 5.92 Å². The number of hydrogen-bond donors (Lipinski definition) is 0. The molecule has 9 heteroatoms. The Morgan fingerprint density at radius 3 is 2.22 bits per heavy atom. The molecule has 0 radical (unpaired) electrons. The van der Waals surface area contributed by atoms with Gasteiger partial charge in [0.1, 0.15) is 0 Å². The number of carbonyl (C=O) groups is 1. The molecule has 0 aromatic heterocycles. The van der Waals surface area contributed by atoms with Gasteiger partial charge in [0, 0.05) is 38.3 Å². The first-order valence-corrected chi connectivity index (χ1v) is 10.9. The van der Waals surface area contributed by atoms with Crippen LogP contribution in [0.15, 0.2) is 29.2 Å². The minimum Gasteiger partial charge on any atom is -0.342 e. The highest BCUT2D eigenvalue weighted by atomic mass is 32.2. The molecule has 8 nitrogen and oxygen atoms in total. The van der Waals surface area contributed by atoms with Crippen LogP contribution in [0.2, 0.25) is 0 Å². The van der Waals surface area contributed by atoms with E-state index in [1.54, 1.807) is 0 Å². The van der Waals surface area contributed by atoms with E-state index in [1.165, 1.54) is 28.6 Å². The fourth-order valence-electron chi connectivity index (χ4n) is 3.80. The van der Waals surface area contributed by atoms with E-state index < -0.39 is 14.9 Å². The zero-order chi connectivity index (χ0) is 19.4. The first-order valence-electron chi connectivity index (χ1n) is 9.43. The van der Waals surface area contributed by atoms with Crippen molar-refractivity contribution >= 4 is 21.6 Å². The Balaban J connectivity index is 1.72. The van der Waals surface area contributed by atoms with Crippen LogP contribution >= 0.6 is 0 Å². The molecule has 1 atom stereocenters. The summed E-state index contributed by atoms with van der Waals surface area (Å²) in [4.78, 5) is 25.0. The lowest BCUT2D eigenvalue weighted by molar-refractivity contribution is -0.384. The summed E-state index contributed by atoms with van der Waals surface area (Å²) in [6.07, 6.45) is 5.61. The number of rotatable bonds is 4. The third-order valence-corrected chi connectivity index (χ3v) is 7.22. The highest BCUT2D eigenvalue weighted by molar-refractivity contribution is 7.89. The second-order valence-electron chi connectivity index (χ2n) is 7.19. The Bertz CT molecular complexity index is 786. The van der Waals surface area contributed by atoms with Gasteiger partial charge in [-0.05, 0) is 37.8 Å². The summed E-state index contributed by atoms with van der Waals surface area (Å²) in [5.41, 5.74) is -0.151. The molecule has 3 rings (SSSR count). The van der Waals surface area contributed by atoms with E-state index >= 15 is 0 Å². The van der Waals surface area contributed by atoms with Crippen LogP contribution < -0.4 is 0 Å². The van der Waals surface area contributed by atoms with E-state index in [0.717, 1.165) is 38.8 Å². The Morgan fingerprint density at radius 2 is 1.63 bits per heavy atom. The average Bonchev–Trinajstić information content (AvgIpc) is 2.97. The fourth-order valence-corrected chi connectivity index (χ4v) is 5.32. The summed E-state index contributed by atoms with van der Waals surface area (Å²) in [5, 5.41) is 10.8. The number of nitrogens with zero attached hydrogens (tertiary/aromatic N) is 3. The monoisotopic (exact) mass is 395 g/mol. The number of nitro groups is 1. The summed E-state index contributed by atoms with van der Waals surface area (Å²) >= 11 is 0. The highest BCUT2D eigenvalue weighted by Crippen LogP contribution is 2.26. The van der Waals surface area contributed by atoms with Gasteiger partial charge in [-0.15, -0.1) is 0 Å². The van der Waals surface area contributed by atoms with Gasteiger partial charge in [-0.2, -0.15) is 4.31 Å². The summed E-state index contributed by atoms with van der Waals surface area (Å²) in [6.45, 7) is 2.05. The minimum atomic E-state index is -3.77. The predicted molar refractivity (Wildman–Crippen MR) is 99.6 cm³/mol. The smallest absolute Gasteiger partial charge is 0.269 e. The number of likely N-dealkylation sites (tertiary alicyclic amines) is 1. The van der Waals surface area contributed by atoms with Crippen LogP contribution in [0, 0.1) is 16.0 Å². The number of carbonyl (C=O) groups excluding carboxylic acids is 1. The lowest BCUT2D eigenvalue weighted by Gasteiger charge is -2.34. The van der Waals surface area contributed by atoms with Crippen LogP contribution in [0.4, 0.5) is 5.69 Å². The number of benzene rings is 1. The molecule has 0 saturated carbocycles. The van der Waals surface area contributed by atoms with Crippen molar-refractivity contribution in [2.75, 3.05) is 26.2 Å². The van der Waals surface area contributed by atoms with Crippen LogP contribution in [-0.2, 0) is 14.8 Å². The zero-order valence-electron chi connectivity index (χ0n) is 15.2. The number of piperidine rings is 1. The maximum Gasteiger partial charge on any atom is 0.269 e. The number of sulfonamides is 1. The van der Waals surface area contributed by atoms with Crippen LogP contribution in [0.25, 0.3) is 0 Å². The molecule has 1 unspecified atom stereocenters. The standard InChI is InChI=1S/C18H25N3O5S/c22-18(19-11-3-1-2-4-12-19)15-6-5-13-20(14-15)27(25,26)17-9-7-16(8-10-17)21(23)24/h7-10,15H,1-6,11-14H2. The zero-order valence-corrected chi connectivity index (χ0v) is 16.1. The van der Waals surface area contributed by atoms with Gasteiger partial charge in [0.05, 0.1) is 15.7 Å². The summed E-state index contributed by atoms with van der Waals surface area (Å²) in [7, 11) is -3.77. The number of nitro benzene ring substituents is 1. The minimum absolute atomic E-state index is 0.0240. The molecular formula is C18H25N3O5S. The van der Waals surface area contributed by atoms with Gasteiger partial charge in [0.15, 0.2) is 0 Å². The first kappa shape index (κ1) is 19.8. The highest BCUT2D eigenvalue weighted by Gasteiger charge is 2.35. The van der Waals surface area contributed by atoms with Gasteiger partial charge in [0.25, 0.3) is 5.69 Å². The van der Waals surface area contributed by atoms with E-state index in [1.807, 2.05) is 4.90 Å². The summed E-state index contributed by atoms with van der Waals surface area (Å²) in [6, 6.07) is 4.90. The van der Waals surface area contributed by atoms with Gasteiger partial charge in [-0.1, -0.05) is 12.8 Å². The summed E-state index contributed by atoms with van der Waals surface area (Å²) in [5.74, 6) is -0.259. The second-order valence-corrected chi connectivity index (χ2v) is 9.13. The fraction of sp³-hybridized carbons (Fsp3) is 0.611. The Kier molecular flexibility index (Phi) is 6.11. The van der Waals surface area contributed by atoms with Crippen molar-refractivity contribution in [3.8, 4) is 0 Å². The van der Waals surface area contributed by atoms with Crippen molar-refractivity contribution in [3.05, 3.63) is 34.4 Å². The predicted octanol–water partition coefficient (Wildman–Crippen LogP) is 2.40. The van der Waals surface area contributed by atoms with Crippen LogP contribution in [0.1, 0.15) is 38.5 Å². The number of non-ortho nitro benzene ring substituents is 1. The largest absolute Gasteiger partial charge is 0.342 e. The maximum absolute atomic E-state index is 12.9. The van der Waals surface area contributed by atoms with Crippen LogP contribution in [0.5, 0.6) is 0 Å². The van der Waals surface area contributed by atoms with E-state index in [2.05, 4.69) is 0 Å². The normalized spacial score (nSPS) is 22.2. The molecule has 27 heavy (non-hydrogen) atoms. The maximum atomic E-state index is 12.9. The van der Waals surface area contributed by atoms with E-state index in [0.29, 0.717) is 19.4 Å². The van der Waals surface area contributed by atoms with E-state index in [9.17, 15) is 23.3 Å². The molecule has 2 heterocycles. The van der Waals surface area contributed by atoms with Gasteiger partial charge >= 0.3 is 0 Å². The van der Waals surface area contributed by atoms with Gasteiger partial charge in [0.2, 0.25) is 15.9 Å². The topological polar surface area (TPSA) is 101 Å². The number of amides is 1.